The van der Waals surface area contributed by atoms with Crippen molar-refractivity contribution < 1.29 is 14.2 Å². The zero-order chi connectivity index (χ0) is 18.8. The predicted molar refractivity (Wildman–Crippen MR) is 104 cm³/mol. The molecule has 0 radical (unpaired) electrons. The van der Waals surface area contributed by atoms with E-state index >= 15 is 0 Å². The van der Waals surface area contributed by atoms with Crippen molar-refractivity contribution in [3.63, 3.8) is 0 Å². The molecule has 0 aliphatic carbocycles. The van der Waals surface area contributed by atoms with Gasteiger partial charge in [-0.2, -0.15) is 0 Å². The lowest BCUT2D eigenvalue weighted by Gasteiger charge is -2.15. The Morgan fingerprint density at radius 2 is 1.65 bits per heavy atom. The molecule has 0 saturated heterocycles. The number of nitrogens with zero attached hydrogens (tertiary/aromatic N) is 1. The first-order valence-corrected chi connectivity index (χ1v) is 8.58. The number of aliphatic imine (C=N–C) groups is 1. The molecule has 2 aromatic rings. The summed E-state index contributed by atoms with van der Waals surface area (Å²) in [5.41, 5.74) is 2.16. The van der Waals surface area contributed by atoms with Gasteiger partial charge in [0.15, 0.2) is 17.5 Å². The zero-order valence-corrected chi connectivity index (χ0v) is 15.8. The molecule has 140 valence electrons. The maximum atomic E-state index is 5.65. The number of rotatable bonds is 8. The van der Waals surface area contributed by atoms with E-state index in [1.807, 2.05) is 49.4 Å². The van der Waals surface area contributed by atoms with E-state index in [1.54, 1.807) is 21.3 Å². The maximum Gasteiger partial charge on any atom is 0.191 e. The number of hydrogen-bond donors (Lipinski definition) is 2. The van der Waals surface area contributed by atoms with E-state index in [4.69, 9.17) is 14.2 Å². The molecule has 2 N–H and O–H groups in total. The molecule has 0 unspecified atom stereocenters. The maximum absolute atomic E-state index is 5.65. The van der Waals surface area contributed by atoms with Crippen LogP contribution in [-0.4, -0.2) is 33.8 Å². The summed E-state index contributed by atoms with van der Waals surface area (Å²) in [6, 6.07) is 13.8. The van der Waals surface area contributed by atoms with Crippen molar-refractivity contribution >= 4 is 5.96 Å². The minimum Gasteiger partial charge on any atom is -0.494 e. The van der Waals surface area contributed by atoms with E-state index in [9.17, 15) is 0 Å². The number of methoxy groups -OCH3 is 2. The van der Waals surface area contributed by atoms with Gasteiger partial charge in [0.1, 0.15) is 5.75 Å². The molecule has 0 aromatic heterocycles. The standard InChI is InChI=1S/C20H27N3O3/c1-5-26-17-9-7-6-8-16(17)14-23-20(21-2)22-13-15-10-11-18(24-3)19(12-15)25-4/h6-12H,5,13-14H2,1-4H3,(H2,21,22,23). The molecule has 0 saturated carbocycles. The Kier molecular flexibility index (Phi) is 7.61. The molecule has 0 spiro atoms. The van der Waals surface area contributed by atoms with Gasteiger partial charge in [-0.25, -0.2) is 0 Å². The third kappa shape index (κ3) is 5.31. The molecule has 6 nitrogen and oxygen atoms in total. The summed E-state index contributed by atoms with van der Waals surface area (Å²) in [6.07, 6.45) is 0. The van der Waals surface area contributed by atoms with Gasteiger partial charge >= 0.3 is 0 Å². The van der Waals surface area contributed by atoms with Gasteiger partial charge in [-0.3, -0.25) is 4.99 Å². The normalized spacial score (nSPS) is 11.0. The smallest absolute Gasteiger partial charge is 0.191 e. The van der Waals surface area contributed by atoms with Crippen LogP contribution in [0.25, 0.3) is 0 Å². The first-order valence-electron chi connectivity index (χ1n) is 8.58. The van der Waals surface area contributed by atoms with E-state index in [2.05, 4.69) is 15.6 Å². The average molecular weight is 357 g/mol. The van der Waals surface area contributed by atoms with Crippen molar-refractivity contribution in [3.8, 4) is 17.2 Å². The Balaban J connectivity index is 1.94. The molecule has 6 heteroatoms. The van der Waals surface area contributed by atoms with Crippen molar-refractivity contribution in [1.82, 2.24) is 10.6 Å². The second-order valence-electron chi connectivity index (χ2n) is 5.51. The number of guanidine groups is 1. The second kappa shape index (κ2) is 10.2. The van der Waals surface area contributed by atoms with Crippen molar-refractivity contribution in [2.24, 2.45) is 4.99 Å². The number of para-hydroxylation sites is 1. The summed E-state index contributed by atoms with van der Waals surface area (Å²) in [7, 11) is 5.01. The fourth-order valence-corrected chi connectivity index (χ4v) is 2.52. The van der Waals surface area contributed by atoms with Gasteiger partial charge in [-0.1, -0.05) is 24.3 Å². The third-order valence-corrected chi connectivity index (χ3v) is 3.85. The molecule has 0 atom stereocenters. The summed E-state index contributed by atoms with van der Waals surface area (Å²) in [6.45, 7) is 3.87. The van der Waals surface area contributed by atoms with Crippen LogP contribution in [0.4, 0.5) is 0 Å². The summed E-state index contributed by atoms with van der Waals surface area (Å²) >= 11 is 0. The lowest BCUT2D eigenvalue weighted by molar-refractivity contribution is 0.336. The van der Waals surface area contributed by atoms with Gasteiger partial charge in [-0.05, 0) is 30.7 Å². The summed E-state index contributed by atoms with van der Waals surface area (Å²) in [5.74, 6) is 3.02. The summed E-state index contributed by atoms with van der Waals surface area (Å²) in [5, 5.41) is 6.61. The lowest BCUT2D eigenvalue weighted by Crippen LogP contribution is -2.36. The molecule has 0 aliphatic heterocycles. The fraction of sp³-hybridized carbons (Fsp3) is 0.350. The topological polar surface area (TPSA) is 64.1 Å². The SMILES string of the molecule is CCOc1ccccc1CNC(=NC)NCc1ccc(OC)c(OC)c1. The van der Waals surface area contributed by atoms with Crippen LogP contribution in [0.15, 0.2) is 47.5 Å². The van der Waals surface area contributed by atoms with E-state index in [0.717, 1.165) is 16.9 Å². The van der Waals surface area contributed by atoms with Crippen LogP contribution in [0.2, 0.25) is 0 Å². The Morgan fingerprint density at radius 1 is 0.923 bits per heavy atom. The number of benzene rings is 2. The van der Waals surface area contributed by atoms with E-state index in [1.165, 1.54) is 0 Å². The minimum atomic E-state index is 0.618. The molecule has 2 rings (SSSR count). The van der Waals surface area contributed by atoms with Gasteiger partial charge in [0, 0.05) is 25.7 Å². The highest BCUT2D eigenvalue weighted by atomic mass is 16.5. The monoisotopic (exact) mass is 357 g/mol. The molecular weight excluding hydrogens is 330 g/mol. The molecule has 0 fully saturated rings. The predicted octanol–water partition coefficient (Wildman–Crippen LogP) is 2.97. The van der Waals surface area contributed by atoms with Crippen LogP contribution in [0.1, 0.15) is 18.1 Å². The van der Waals surface area contributed by atoms with Crippen LogP contribution < -0.4 is 24.8 Å². The first kappa shape index (κ1) is 19.4. The third-order valence-electron chi connectivity index (χ3n) is 3.85. The van der Waals surface area contributed by atoms with Crippen LogP contribution in [0.5, 0.6) is 17.2 Å². The van der Waals surface area contributed by atoms with E-state index in [0.29, 0.717) is 37.2 Å². The minimum absolute atomic E-state index is 0.618. The van der Waals surface area contributed by atoms with Crippen LogP contribution in [0.3, 0.4) is 0 Å². The molecule has 26 heavy (non-hydrogen) atoms. The van der Waals surface area contributed by atoms with Gasteiger partial charge in [0.2, 0.25) is 0 Å². The number of nitrogens with one attached hydrogen (secondary N) is 2. The number of hydrogen-bond acceptors (Lipinski definition) is 4. The van der Waals surface area contributed by atoms with E-state index < -0.39 is 0 Å². The van der Waals surface area contributed by atoms with Crippen molar-refractivity contribution in [2.75, 3.05) is 27.9 Å². The first-order chi connectivity index (χ1) is 12.7. The second-order valence-corrected chi connectivity index (χ2v) is 5.51. The van der Waals surface area contributed by atoms with Gasteiger partial charge in [0.25, 0.3) is 0 Å². The molecule has 0 aliphatic rings. The van der Waals surface area contributed by atoms with Crippen molar-refractivity contribution in [2.45, 2.75) is 20.0 Å². The van der Waals surface area contributed by atoms with Crippen LogP contribution >= 0.6 is 0 Å². The Bertz CT molecular complexity index is 732. The molecule has 0 bridgehead atoms. The highest BCUT2D eigenvalue weighted by Crippen LogP contribution is 2.27. The van der Waals surface area contributed by atoms with Crippen LogP contribution in [0, 0.1) is 0 Å². The highest BCUT2D eigenvalue weighted by Gasteiger charge is 2.06. The Labute approximate surface area is 155 Å². The van der Waals surface area contributed by atoms with Crippen molar-refractivity contribution in [1.29, 1.82) is 0 Å². The molecular formula is C20H27N3O3. The average Bonchev–Trinajstić information content (AvgIpc) is 2.69. The summed E-state index contributed by atoms with van der Waals surface area (Å²) < 4.78 is 16.3. The number of ether oxygens (including phenoxy) is 3. The molecule has 2 aromatic carbocycles. The Hall–Kier alpha value is -2.89. The van der Waals surface area contributed by atoms with Crippen molar-refractivity contribution in [3.05, 3.63) is 53.6 Å². The molecule has 0 amide bonds. The summed E-state index contributed by atoms with van der Waals surface area (Å²) in [4.78, 5) is 4.27. The zero-order valence-electron chi connectivity index (χ0n) is 15.8. The van der Waals surface area contributed by atoms with Gasteiger partial charge in [-0.15, -0.1) is 0 Å². The quantitative estimate of drug-likeness (QED) is 0.562. The Morgan fingerprint density at radius 3 is 2.35 bits per heavy atom. The van der Waals surface area contributed by atoms with E-state index in [-0.39, 0.29) is 0 Å². The van der Waals surface area contributed by atoms with Gasteiger partial charge < -0.3 is 24.8 Å². The highest BCUT2D eigenvalue weighted by molar-refractivity contribution is 5.79. The molecule has 0 heterocycles. The fourth-order valence-electron chi connectivity index (χ4n) is 2.52. The largest absolute Gasteiger partial charge is 0.494 e. The van der Waals surface area contributed by atoms with Crippen LogP contribution in [-0.2, 0) is 13.1 Å². The van der Waals surface area contributed by atoms with Gasteiger partial charge in [0.05, 0.1) is 20.8 Å². The lowest BCUT2D eigenvalue weighted by atomic mass is 10.2.